The zero-order valence-corrected chi connectivity index (χ0v) is 14.4. The normalized spacial score (nSPS) is 10.8. The van der Waals surface area contributed by atoms with Crippen LogP contribution in [0.3, 0.4) is 0 Å². The lowest BCUT2D eigenvalue weighted by Gasteiger charge is -2.06. The average molecular weight is 364 g/mol. The van der Waals surface area contributed by atoms with Crippen LogP contribution in [0.5, 0.6) is 0 Å². The minimum atomic E-state index is -0.143. The third-order valence-corrected chi connectivity index (χ3v) is 4.18. The summed E-state index contributed by atoms with van der Waals surface area (Å²) in [5.41, 5.74) is 3.65. The molecule has 5 nitrogen and oxygen atoms in total. The van der Waals surface area contributed by atoms with E-state index in [-0.39, 0.29) is 5.91 Å². The lowest BCUT2D eigenvalue weighted by atomic mass is 10.1. The SMILES string of the molecule is O=C(NCc1ccc(-c2nc3ncccc3o2)cc1)c1ccc(Cl)cc1. The Hall–Kier alpha value is -3.18. The van der Waals surface area contributed by atoms with Crippen molar-refractivity contribution >= 4 is 28.7 Å². The van der Waals surface area contributed by atoms with Gasteiger partial charge in [0.25, 0.3) is 5.91 Å². The van der Waals surface area contributed by atoms with Gasteiger partial charge in [-0.1, -0.05) is 23.7 Å². The topological polar surface area (TPSA) is 68.0 Å². The van der Waals surface area contributed by atoms with E-state index in [1.54, 1.807) is 30.5 Å². The molecule has 26 heavy (non-hydrogen) atoms. The predicted molar refractivity (Wildman–Crippen MR) is 99.9 cm³/mol. The van der Waals surface area contributed by atoms with E-state index >= 15 is 0 Å². The maximum atomic E-state index is 12.1. The van der Waals surface area contributed by atoms with Gasteiger partial charge in [0.05, 0.1) is 0 Å². The summed E-state index contributed by atoms with van der Waals surface area (Å²) < 4.78 is 5.71. The summed E-state index contributed by atoms with van der Waals surface area (Å²) in [6.07, 6.45) is 1.68. The molecule has 1 amide bonds. The summed E-state index contributed by atoms with van der Waals surface area (Å²) in [4.78, 5) is 20.7. The Morgan fingerprint density at radius 2 is 1.81 bits per heavy atom. The highest BCUT2D eigenvalue weighted by molar-refractivity contribution is 6.30. The van der Waals surface area contributed by atoms with Crippen molar-refractivity contribution in [3.05, 3.63) is 83.0 Å². The second-order valence-electron chi connectivity index (χ2n) is 5.73. The van der Waals surface area contributed by atoms with Crippen LogP contribution in [0.15, 0.2) is 71.3 Å². The van der Waals surface area contributed by atoms with Crippen molar-refractivity contribution in [2.45, 2.75) is 6.54 Å². The standard InChI is InChI=1S/C20H14ClN3O2/c21-16-9-7-14(8-10-16)19(25)23-12-13-3-5-15(6-4-13)20-24-18-17(26-20)2-1-11-22-18/h1-11H,12H2,(H,23,25). The Bertz CT molecular complexity index is 1020. The number of pyridine rings is 1. The van der Waals surface area contributed by atoms with Gasteiger partial charge in [-0.25, -0.2) is 4.98 Å². The Balaban J connectivity index is 1.44. The number of carbonyl (C=O) groups excluding carboxylic acids is 1. The van der Waals surface area contributed by atoms with Crippen molar-refractivity contribution < 1.29 is 9.21 Å². The predicted octanol–water partition coefficient (Wildman–Crippen LogP) is 4.47. The average Bonchev–Trinajstić information content (AvgIpc) is 3.11. The fourth-order valence-electron chi connectivity index (χ4n) is 2.54. The Labute approximate surface area is 154 Å². The first kappa shape index (κ1) is 16.3. The molecule has 2 heterocycles. The van der Waals surface area contributed by atoms with Gasteiger partial charge in [0.1, 0.15) is 0 Å². The van der Waals surface area contributed by atoms with Gasteiger partial charge in [0.15, 0.2) is 11.2 Å². The molecule has 128 valence electrons. The van der Waals surface area contributed by atoms with E-state index in [1.165, 1.54) is 0 Å². The number of carbonyl (C=O) groups is 1. The van der Waals surface area contributed by atoms with Crippen molar-refractivity contribution in [3.63, 3.8) is 0 Å². The summed E-state index contributed by atoms with van der Waals surface area (Å²) in [5, 5.41) is 3.49. The maximum Gasteiger partial charge on any atom is 0.251 e. The van der Waals surface area contributed by atoms with E-state index in [4.69, 9.17) is 16.0 Å². The van der Waals surface area contributed by atoms with Crippen molar-refractivity contribution in [2.75, 3.05) is 0 Å². The lowest BCUT2D eigenvalue weighted by Crippen LogP contribution is -2.22. The van der Waals surface area contributed by atoms with Gasteiger partial charge in [-0.3, -0.25) is 4.79 Å². The van der Waals surface area contributed by atoms with Gasteiger partial charge in [-0.15, -0.1) is 0 Å². The second kappa shape index (κ2) is 6.98. The summed E-state index contributed by atoms with van der Waals surface area (Å²) in [6.45, 7) is 0.427. The molecule has 2 aromatic heterocycles. The van der Waals surface area contributed by atoms with Crippen molar-refractivity contribution in [1.82, 2.24) is 15.3 Å². The van der Waals surface area contributed by atoms with Crippen LogP contribution in [-0.4, -0.2) is 15.9 Å². The monoisotopic (exact) mass is 363 g/mol. The van der Waals surface area contributed by atoms with E-state index in [2.05, 4.69) is 15.3 Å². The Morgan fingerprint density at radius 3 is 2.54 bits per heavy atom. The van der Waals surface area contributed by atoms with Gasteiger partial charge in [0.2, 0.25) is 5.89 Å². The molecule has 2 aromatic carbocycles. The number of rotatable bonds is 4. The minimum Gasteiger partial charge on any atom is -0.434 e. The third kappa shape index (κ3) is 3.43. The first-order chi connectivity index (χ1) is 12.7. The van der Waals surface area contributed by atoms with E-state index in [0.29, 0.717) is 34.3 Å². The molecule has 0 fully saturated rings. The molecule has 1 N–H and O–H groups in total. The molecule has 0 radical (unpaired) electrons. The first-order valence-corrected chi connectivity index (χ1v) is 8.41. The van der Waals surface area contributed by atoms with E-state index in [0.717, 1.165) is 11.1 Å². The van der Waals surface area contributed by atoms with Crippen LogP contribution >= 0.6 is 11.6 Å². The zero-order chi connectivity index (χ0) is 17.9. The molecule has 6 heteroatoms. The number of benzene rings is 2. The van der Waals surface area contributed by atoms with E-state index in [9.17, 15) is 4.79 Å². The molecule has 0 unspecified atom stereocenters. The van der Waals surface area contributed by atoms with Crippen molar-refractivity contribution in [2.24, 2.45) is 0 Å². The number of amides is 1. The van der Waals surface area contributed by atoms with Gasteiger partial charge >= 0.3 is 0 Å². The van der Waals surface area contributed by atoms with Crippen LogP contribution in [0.4, 0.5) is 0 Å². The number of nitrogens with zero attached hydrogens (tertiary/aromatic N) is 2. The van der Waals surface area contributed by atoms with Gasteiger partial charge in [-0.05, 0) is 54.1 Å². The highest BCUT2D eigenvalue weighted by Gasteiger charge is 2.09. The Morgan fingerprint density at radius 1 is 1.04 bits per heavy atom. The lowest BCUT2D eigenvalue weighted by molar-refractivity contribution is 0.0951. The molecule has 4 rings (SSSR count). The summed E-state index contributed by atoms with van der Waals surface area (Å²) in [6, 6.07) is 18.1. The molecule has 0 saturated carbocycles. The molecule has 0 saturated heterocycles. The van der Waals surface area contributed by atoms with E-state index < -0.39 is 0 Å². The van der Waals surface area contributed by atoms with Crippen molar-refractivity contribution in [1.29, 1.82) is 0 Å². The maximum absolute atomic E-state index is 12.1. The van der Waals surface area contributed by atoms with Gasteiger partial charge in [-0.2, -0.15) is 4.98 Å². The van der Waals surface area contributed by atoms with Crippen LogP contribution in [0.1, 0.15) is 15.9 Å². The third-order valence-electron chi connectivity index (χ3n) is 3.93. The van der Waals surface area contributed by atoms with Gasteiger partial charge < -0.3 is 9.73 Å². The highest BCUT2D eigenvalue weighted by atomic mass is 35.5. The molecule has 0 aliphatic carbocycles. The molecule has 0 aliphatic heterocycles. The smallest absolute Gasteiger partial charge is 0.251 e. The number of hydrogen-bond acceptors (Lipinski definition) is 4. The molecular formula is C20H14ClN3O2. The highest BCUT2D eigenvalue weighted by Crippen LogP contribution is 2.23. The fourth-order valence-corrected chi connectivity index (χ4v) is 2.67. The molecule has 4 aromatic rings. The molecule has 0 bridgehead atoms. The number of nitrogens with one attached hydrogen (secondary N) is 1. The van der Waals surface area contributed by atoms with Crippen LogP contribution in [0.25, 0.3) is 22.7 Å². The molecular weight excluding hydrogens is 350 g/mol. The first-order valence-electron chi connectivity index (χ1n) is 8.04. The molecule has 0 atom stereocenters. The summed E-state index contributed by atoms with van der Waals surface area (Å²) >= 11 is 5.83. The van der Waals surface area contributed by atoms with Crippen LogP contribution in [0.2, 0.25) is 5.02 Å². The molecule has 0 aliphatic rings. The minimum absolute atomic E-state index is 0.143. The zero-order valence-electron chi connectivity index (χ0n) is 13.6. The van der Waals surface area contributed by atoms with Crippen LogP contribution < -0.4 is 5.32 Å². The van der Waals surface area contributed by atoms with Crippen LogP contribution in [0, 0.1) is 0 Å². The number of fused-ring (bicyclic) bond motifs is 1. The summed E-state index contributed by atoms with van der Waals surface area (Å²) in [7, 11) is 0. The second-order valence-corrected chi connectivity index (χ2v) is 6.17. The van der Waals surface area contributed by atoms with Crippen molar-refractivity contribution in [3.8, 4) is 11.5 Å². The molecule has 0 spiro atoms. The van der Waals surface area contributed by atoms with Crippen LogP contribution in [-0.2, 0) is 6.54 Å². The number of aromatic nitrogens is 2. The largest absolute Gasteiger partial charge is 0.434 e. The number of hydrogen-bond donors (Lipinski definition) is 1. The number of halogens is 1. The quantitative estimate of drug-likeness (QED) is 0.580. The fraction of sp³-hybridized carbons (Fsp3) is 0.0500. The van der Waals surface area contributed by atoms with E-state index in [1.807, 2.05) is 36.4 Å². The van der Waals surface area contributed by atoms with Gasteiger partial charge in [0, 0.05) is 28.9 Å². The summed E-state index contributed by atoms with van der Waals surface area (Å²) in [5.74, 6) is 0.381. The number of oxazole rings is 1. The Kier molecular flexibility index (Phi) is 4.37.